The number of amides is 1. The Labute approximate surface area is 230 Å². The molecule has 0 saturated carbocycles. The Kier molecular flexibility index (Phi) is 6.93. The van der Waals surface area contributed by atoms with Crippen LogP contribution in [0.5, 0.6) is 11.5 Å². The molecule has 6 rings (SSSR count). The van der Waals surface area contributed by atoms with Crippen LogP contribution in [0.1, 0.15) is 24.4 Å². The zero-order chi connectivity index (χ0) is 27.5. The molecule has 0 bridgehead atoms. The van der Waals surface area contributed by atoms with Crippen LogP contribution in [0.2, 0.25) is 0 Å². The van der Waals surface area contributed by atoms with Crippen LogP contribution >= 0.6 is 0 Å². The Morgan fingerprint density at radius 1 is 0.975 bits per heavy atom. The molecule has 2 aromatic heterocycles. The molecule has 0 radical (unpaired) electrons. The normalized spacial score (nSPS) is 15.5. The summed E-state index contributed by atoms with van der Waals surface area (Å²) in [7, 11) is 0. The van der Waals surface area contributed by atoms with E-state index in [0.29, 0.717) is 41.4 Å². The highest BCUT2D eigenvalue weighted by Gasteiger charge is 2.28. The number of halogens is 1. The van der Waals surface area contributed by atoms with Crippen molar-refractivity contribution in [3.8, 4) is 22.8 Å². The Morgan fingerprint density at radius 3 is 2.50 bits per heavy atom. The van der Waals surface area contributed by atoms with Crippen molar-refractivity contribution >= 4 is 28.8 Å². The number of benzene rings is 3. The van der Waals surface area contributed by atoms with E-state index < -0.39 is 0 Å². The second-order valence-electron chi connectivity index (χ2n) is 9.66. The van der Waals surface area contributed by atoms with Crippen LogP contribution in [-0.2, 0) is 4.79 Å². The summed E-state index contributed by atoms with van der Waals surface area (Å²) in [4.78, 5) is 23.6. The van der Waals surface area contributed by atoms with Gasteiger partial charge in [-0.1, -0.05) is 30.3 Å². The SMILES string of the molecule is Nc1ncnc2c1c(-c1ccc(Oc3ccccc3)cc1)nn2C1CCCN(C(=O)C=Cc2ccc(F)cc2)C1. The van der Waals surface area contributed by atoms with Gasteiger partial charge in [-0.25, -0.2) is 19.0 Å². The van der Waals surface area contributed by atoms with Crippen LogP contribution in [0.4, 0.5) is 10.2 Å². The van der Waals surface area contributed by atoms with Crippen LogP contribution < -0.4 is 10.5 Å². The molecule has 5 aromatic rings. The van der Waals surface area contributed by atoms with E-state index in [1.54, 1.807) is 18.2 Å². The highest BCUT2D eigenvalue weighted by molar-refractivity contribution is 5.98. The molecule has 1 saturated heterocycles. The van der Waals surface area contributed by atoms with Crippen LogP contribution in [0.3, 0.4) is 0 Å². The summed E-state index contributed by atoms with van der Waals surface area (Å²) >= 11 is 0. The lowest BCUT2D eigenvalue weighted by molar-refractivity contribution is -0.127. The lowest BCUT2D eigenvalue weighted by Crippen LogP contribution is -2.40. The smallest absolute Gasteiger partial charge is 0.246 e. The number of hydrogen-bond donors (Lipinski definition) is 1. The molecule has 40 heavy (non-hydrogen) atoms. The average molecular weight is 535 g/mol. The summed E-state index contributed by atoms with van der Waals surface area (Å²) in [6, 6.07) is 23.2. The van der Waals surface area contributed by atoms with Crippen molar-refractivity contribution in [3.05, 3.63) is 103 Å². The van der Waals surface area contributed by atoms with Gasteiger partial charge in [0.1, 0.15) is 35.2 Å². The molecule has 1 unspecified atom stereocenters. The number of fused-ring (bicyclic) bond motifs is 1. The molecule has 1 aliphatic rings. The van der Waals surface area contributed by atoms with Crippen LogP contribution in [0.25, 0.3) is 28.4 Å². The molecule has 1 atom stereocenters. The number of carbonyl (C=O) groups is 1. The van der Waals surface area contributed by atoms with Crippen molar-refractivity contribution < 1.29 is 13.9 Å². The van der Waals surface area contributed by atoms with E-state index in [4.69, 9.17) is 15.6 Å². The molecule has 200 valence electrons. The fraction of sp³-hybridized carbons (Fsp3) is 0.161. The molecule has 2 N–H and O–H groups in total. The van der Waals surface area contributed by atoms with Crippen molar-refractivity contribution in [2.24, 2.45) is 0 Å². The van der Waals surface area contributed by atoms with E-state index in [1.807, 2.05) is 64.2 Å². The Balaban J connectivity index is 1.25. The highest BCUT2D eigenvalue weighted by Crippen LogP contribution is 2.35. The largest absolute Gasteiger partial charge is 0.457 e. The summed E-state index contributed by atoms with van der Waals surface area (Å²) in [5.41, 5.74) is 9.26. The van der Waals surface area contributed by atoms with Gasteiger partial charge < -0.3 is 15.4 Å². The summed E-state index contributed by atoms with van der Waals surface area (Å²) in [5, 5.41) is 5.63. The number of likely N-dealkylation sites (tertiary alicyclic amines) is 1. The van der Waals surface area contributed by atoms with E-state index in [9.17, 15) is 9.18 Å². The lowest BCUT2D eigenvalue weighted by atomic mass is 10.1. The molecule has 0 spiro atoms. The van der Waals surface area contributed by atoms with Crippen LogP contribution in [-0.4, -0.2) is 43.6 Å². The van der Waals surface area contributed by atoms with Crippen molar-refractivity contribution in [1.29, 1.82) is 0 Å². The first-order valence-corrected chi connectivity index (χ1v) is 13.1. The third-order valence-electron chi connectivity index (χ3n) is 6.97. The summed E-state index contributed by atoms with van der Waals surface area (Å²) < 4.78 is 21.0. The van der Waals surface area contributed by atoms with Gasteiger partial charge in [-0.2, -0.15) is 5.10 Å². The number of nitrogens with zero attached hydrogens (tertiary/aromatic N) is 5. The number of rotatable bonds is 6. The molecular weight excluding hydrogens is 507 g/mol. The van der Waals surface area contributed by atoms with Gasteiger partial charge in [0.2, 0.25) is 5.91 Å². The molecule has 3 heterocycles. The summed E-state index contributed by atoms with van der Waals surface area (Å²) in [5.74, 6) is 1.40. The molecule has 8 nitrogen and oxygen atoms in total. The van der Waals surface area contributed by atoms with Gasteiger partial charge in [0, 0.05) is 24.7 Å². The number of para-hydroxylation sites is 1. The van der Waals surface area contributed by atoms with Gasteiger partial charge in [-0.3, -0.25) is 4.79 Å². The van der Waals surface area contributed by atoms with E-state index >= 15 is 0 Å². The van der Waals surface area contributed by atoms with Crippen molar-refractivity contribution in [1.82, 2.24) is 24.6 Å². The van der Waals surface area contributed by atoms with Gasteiger partial charge in [0.25, 0.3) is 0 Å². The predicted octanol–water partition coefficient (Wildman–Crippen LogP) is 5.88. The van der Waals surface area contributed by atoms with Gasteiger partial charge in [-0.05, 0) is 73.0 Å². The zero-order valence-electron chi connectivity index (χ0n) is 21.7. The van der Waals surface area contributed by atoms with E-state index in [2.05, 4.69) is 9.97 Å². The average Bonchev–Trinajstić information content (AvgIpc) is 3.39. The van der Waals surface area contributed by atoms with Gasteiger partial charge in [-0.15, -0.1) is 0 Å². The van der Waals surface area contributed by atoms with E-state index in [-0.39, 0.29) is 17.8 Å². The van der Waals surface area contributed by atoms with Crippen molar-refractivity contribution in [2.75, 3.05) is 18.8 Å². The first-order valence-electron chi connectivity index (χ1n) is 13.1. The maximum Gasteiger partial charge on any atom is 0.246 e. The van der Waals surface area contributed by atoms with E-state index in [1.165, 1.54) is 24.5 Å². The number of aromatic nitrogens is 4. The zero-order valence-corrected chi connectivity index (χ0v) is 21.7. The molecular formula is C31H27FN6O2. The standard InChI is InChI=1S/C31H27FN6O2/c32-23-13-8-21(9-14-23)10-17-27(39)37-18-4-5-24(19-37)38-31-28(30(33)34-20-35-31)29(36-38)22-11-15-26(16-12-22)40-25-6-2-1-3-7-25/h1-3,6-17,20,24H,4-5,18-19H2,(H2,33,34,35). The number of anilines is 1. The minimum atomic E-state index is -0.311. The number of nitrogens with two attached hydrogens (primary N) is 1. The summed E-state index contributed by atoms with van der Waals surface area (Å²) in [6.07, 6.45) is 6.33. The Morgan fingerprint density at radius 2 is 1.73 bits per heavy atom. The highest BCUT2D eigenvalue weighted by atomic mass is 19.1. The monoisotopic (exact) mass is 534 g/mol. The maximum atomic E-state index is 13.2. The second kappa shape index (κ2) is 11.0. The minimum Gasteiger partial charge on any atom is -0.457 e. The molecule has 1 amide bonds. The van der Waals surface area contributed by atoms with Crippen LogP contribution in [0.15, 0.2) is 91.3 Å². The Hall–Kier alpha value is -5.05. The number of ether oxygens (including phenoxy) is 1. The Bertz CT molecular complexity index is 1670. The third kappa shape index (κ3) is 5.26. The topological polar surface area (TPSA) is 99.2 Å². The molecule has 1 fully saturated rings. The fourth-order valence-corrected chi connectivity index (χ4v) is 4.96. The second-order valence-corrected chi connectivity index (χ2v) is 9.66. The lowest BCUT2D eigenvalue weighted by Gasteiger charge is -2.32. The van der Waals surface area contributed by atoms with Crippen molar-refractivity contribution in [2.45, 2.75) is 18.9 Å². The van der Waals surface area contributed by atoms with E-state index in [0.717, 1.165) is 29.7 Å². The first kappa shape index (κ1) is 25.2. The number of nitrogen functional groups attached to an aromatic ring is 1. The fourth-order valence-electron chi connectivity index (χ4n) is 4.96. The molecule has 0 aliphatic carbocycles. The summed E-state index contributed by atoms with van der Waals surface area (Å²) in [6.45, 7) is 1.13. The molecule has 3 aromatic carbocycles. The minimum absolute atomic E-state index is 0.0804. The van der Waals surface area contributed by atoms with Gasteiger partial charge in [0.15, 0.2) is 5.65 Å². The number of piperidine rings is 1. The quantitative estimate of drug-likeness (QED) is 0.273. The third-order valence-corrected chi connectivity index (χ3v) is 6.97. The molecule has 1 aliphatic heterocycles. The van der Waals surface area contributed by atoms with Gasteiger partial charge >= 0.3 is 0 Å². The number of carbonyl (C=O) groups excluding carboxylic acids is 1. The predicted molar refractivity (Wildman–Crippen MR) is 152 cm³/mol. The maximum absolute atomic E-state index is 13.2. The van der Waals surface area contributed by atoms with Crippen LogP contribution in [0, 0.1) is 5.82 Å². The first-order chi connectivity index (χ1) is 19.5. The number of hydrogen-bond acceptors (Lipinski definition) is 6. The molecule has 9 heteroatoms. The van der Waals surface area contributed by atoms with Crippen molar-refractivity contribution in [3.63, 3.8) is 0 Å². The van der Waals surface area contributed by atoms with Gasteiger partial charge in [0.05, 0.1) is 11.4 Å².